The van der Waals surface area contributed by atoms with Gasteiger partial charge in [0.15, 0.2) is 0 Å². The molecule has 144 valence electrons. The topological polar surface area (TPSA) is 0 Å². The van der Waals surface area contributed by atoms with Crippen LogP contribution in [0.1, 0.15) is 74.1 Å². The van der Waals surface area contributed by atoms with Gasteiger partial charge in [-0.2, -0.15) is 0 Å². The molecule has 2 aromatic carbocycles. The van der Waals surface area contributed by atoms with Gasteiger partial charge in [-0.1, -0.05) is 79.4 Å². The molecule has 3 rings (SSSR count). The highest BCUT2D eigenvalue weighted by Crippen LogP contribution is 2.52. The number of hydrogen-bond acceptors (Lipinski definition) is 1. The van der Waals surface area contributed by atoms with Crippen LogP contribution < -0.4 is 0 Å². The molecule has 0 nitrogen and oxygen atoms in total. The monoisotopic (exact) mass is 378 g/mol. The Balaban J connectivity index is 1.85. The number of hydrogen-bond donors (Lipinski definition) is 0. The number of thioether (sulfide) groups is 1. The molecule has 1 heterocycles. The van der Waals surface area contributed by atoms with Gasteiger partial charge < -0.3 is 0 Å². The van der Waals surface area contributed by atoms with Crippen molar-refractivity contribution >= 4 is 11.8 Å². The van der Waals surface area contributed by atoms with Crippen LogP contribution in [0, 0.1) is 13.8 Å². The van der Waals surface area contributed by atoms with Gasteiger partial charge in [-0.15, -0.1) is 11.8 Å². The lowest BCUT2D eigenvalue weighted by Crippen LogP contribution is -2.36. The summed E-state index contributed by atoms with van der Waals surface area (Å²) >= 11 is 2.05. The summed E-state index contributed by atoms with van der Waals surface area (Å²) in [5, 5.41) is 0. The third kappa shape index (κ3) is 4.69. The fourth-order valence-corrected chi connectivity index (χ4v) is 5.84. The fraction of sp³-hybridized carbons (Fsp3) is 0.462. The first-order chi connectivity index (χ1) is 13.0. The molecule has 0 N–H and O–H groups in total. The number of aryl methyl sites for hydroxylation is 2. The molecule has 0 saturated carbocycles. The molecule has 0 aromatic heterocycles. The van der Waals surface area contributed by atoms with Gasteiger partial charge in [-0.3, -0.25) is 0 Å². The Hall–Kier alpha value is -1.47. The van der Waals surface area contributed by atoms with Crippen molar-refractivity contribution in [1.29, 1.82) is 0 Å². The quantitative estimate of drug-likeness (QED) is 0.347. The van der Waals surface area contributed by atoms with Crippen molar-refractivity contribution in [2.24, 2.45) is 0 Å². The van der Waals surface area contributed by atoms with Crippen molar-refractivity contribution in [2.75, 3.05) is 5.75 Å². The number of rotatable bonds is 7. The number of unbranched alkanes of at least 4 members (excludes halogenated alkanes) is 3. The summed E-state index contributed by atoms with van der Waals surface area (Å²) in [4.78, 5) is 1.51. The van der Waals surface area contributed by atoms with Crippen molar-refractivity contribution in [3.8, 4) is 0 Å². The van der Waals surface area contributed by atoms with Crippen LogP contribution in [0.2, 0.25) is 0 Å². The minimum Gasteiger partial charge on any atom is -0.125 e. The Morgan fingerprint density at radius 2 is 1.74 bits per heavy atom. The minimum absolute atomic E-state index is 0.212. The number of allylic oxidation sites excluding steroid dienone is 2. The van der Waals surface area contributed by atoms with E-state index in [-0.39, 0.29) is 5.41 Å². The lowest BCUT2D eigenvalue weighted by Gasteiger charge is -2.43. The van der Waals surface area contributed by atoms with Crippen LogP contribution in [-0.2, 0) is 5.41 Å². The Bertz CT molecular complexity index is 771. The highest BCUT2D eigenvalue weighted by Gasteiger charge is 2.40. The molecule has 0 radical (unpaired) electrons. The maximum absolute atomic E-state index is 2.50. The SMILES string of the molecule is C/C=C/CCCCCC1c2ccc(C)cc2SCC1(C)c1ccc(C)cc1. The zero-order valence-electron chi connectivity index (χ0n) is 17.4. The summed E-state index contributed by atoms with van der Waals surface area (Å²) in [7, 11) is 0. The second-order valence-electron chi connectivity index (χ2n) is 8.37. The van der Waals surface area contributed by atoms with Gasteiger partial charge in [0.2, 0.25) is 0 Å². The Kier molecular flexibility index (Phi) is 6.87. The standard InChI is InChI=1S/C26H34S/c1-5-6-7-8-9-10-11-24-23-17-14-21(3)18-25(23)27-19-26(24,4)22-15-12-20(2)13-16-22/h5-6,12-18,24H,7-11,19H2,1-4H3/b6-5+. The van der Waals surface area contributed by atoms with Crippen LogP contribution in [0.3, 0.4) is 0 Å². The summed E-state index contributed by atoms with van der Waals surface area (Å²) in [5.41, 5.74) is 6.02. The Morgan fingerprint density at radius 1 is 1.00 bits per heavy atom. The fourth-order valence-electron chi connectivity index (χ4n) is 4.37. The predicted molar refractivity (Wildman–Crippen MR) is 121 cm³/mol. The summed E-state index contributed by atoms with van der Waals surface area (Å²) in [6, 6.07) is 16.4. The maximum Gasteiger partial charge on any atom is 0.0110 e. The molecule has 2 unspecified atom stereocenters. The summed E-state index contributed by atoms with van der Waals surface area (Å²) in [6.45, 7) is 9.01. The highest BCUT2D eigenvalue weighted by molar-refractivity contribution is 7.99. The molecule has 0 spiro atoms. The molecule has 0 fully saturated rings. The number of fused-ring (bicyclic) bond motifs is 1. The van der Waals surface area contributed by atoms with Crippen molar-refractivity contribution < 1.29 is 0 Å². The van der Waals surface area contributed by atoms with E-state index < -0.39 is 0 Å². The van der Waals surface area contributed by atoms with Crippen LogP contribution in [0.15, 0.2) is 59.5 Å². The van der Waals surface area contributed by atoms with Gasteiger partial charge in [0, 0.05) is 16.1 Å². The third-order valence-electron chi connectivity index (χ3n) is 6.15. The van der Waals surface area contributed by atoms with E-state index in [2.05, 4.69) is 94.1 Å². The molecular weight excluding hydrogens is 344 g/mol. The Morgan fingerprint density at radius 3 is 2.48 bits per heavy atom. The molecule has 2 atom stereocenters. The summed E-state index contributed by atoms with van der Waals surface area (Å²) < 4.78 is 0. The van der Waals surface area contributed by atoms with Gasteiger partial charge in [0.25, 0.3) is 0 Å². The van der Waals surface area contributed by atoms with E-state index in [0.717, 1.165) is 0 Å². The van der Waals surface area contributed by atoms with E-state index in [1.54, 1.807) is 5.56 Å². The molecule has 1 aliphatic rings. The molecule has 27 heavy (non-hydrogen) atoms. The second-order valence-corrected chi connectivity index (χ2v) is 9.39. The van der Waals surface area contributed by atoms with E-state index in [0.29, 0.717) is 5.92 Å². The third-order valence-corrected chi connectivity index (χ3v) is 7.56. The van der Waals surface area contributed by atoms with Crippen LogP contribution in [-0.4, -0.2) is 5.75 Å². The van der Waals surface area contributed by atoms with Crippen molar-refractivity contribution in [1.82, 2.24) is 0 Å². The van der Waals surface area contributed by atoms with E-state index in [4.69, 9.17) is 0 Å². The number of benzene rings is 2. The molecular formula is C26H34S. The first-order valence-electron chi connectivity index (χ1n) is 10.5. The van der Waals surface area contributed by atoms with Gasteiger partial charge in [-0.25, -0.2) is 0 Å². The lowest BCUT2D eigenvalue weighted by atomic mass is 9.67. The van der Waals surface area contributed by atoms with Crippen LogP contribution in [0.5, 0.6) is 0 Å². The molecule has 0 bridgehead atoms. The molecule has 0 saturated heterocycles. The first-order valence-corrected chi connectivity index (χ1v) is 11.4. The average Bonchev–Trinajstić information content (AvgIpc) is 2.66. The maximum atomic E-state index is 2.50. The molecule has 1 heteroatoms. The smallest absolute Gasteiger partial charge is 0.0110 e. The zero-order chi connectivity index (χ0) is 19.3. The van der Waals surface area contributed by atoms with Crippen LogP contribution in [0.4, 0.5) is 0 Å². The highest BCUT2D eigenvalue weighted by atomic mass is 32.2. The van der Waals surface area contributed by atoms with Crippen molar-refractivity contribution in [2.45, 2.75) is 76.0 Å². The van der Waals surface area contributed by atoms with Gasteiger partial charge in [0.1, 0.15) is 0 Å². The predicted octanol–water partition coefficient (Wildman–Crippen LogP) is 7.98. The van der Waals surface area contributed by atoms with E-state index >= 15 is 0 Å². The van der Waals surface area contributed by atoms with E-state index in [1.165, 1.54) is 59.4 Å². The van der Waals surface area contributed by atoms with Crippen LogP contribution >= 0.6 is 11.8 Å². The summed E-state index contributed by atoms with van der Waals surface area (Å²) in [6.07, 6.45) is 10.9. The first kappa shape index (κ1) is 20.3. The van der Waals surface area contributed by atoms with Gasteiger partial charge in [0.05, 0.1) is 0 Å². The van der Waals surface area contributed by atoms with E-state index in [1.807, 2.05) is 0 Å². The van der Waals surface area contributed by atoms with Gasteiger partial charge >= 0.3 is 0 Å². The largest absolute Gasteiger partial charge is 0.125 e. The molecule has 1 aliphatic heterocycles. The van der Waals surface area contributed by atoms with Crippen LogP contribution in [0.25, 0.3) is 0 Å². The Labute approximate surface area is 170 Å². The zero-order valence-corrected chi connectivity index (χ0v) is 18.2. The minimum atomic E-state index is 0.212. The average molecular weight is 379 g/mol. The second kappa shape index (κ2) is 9.15. The molecule has 2 aromatic rings. The molecule has 0 aliphatic carbocycles. The van der Waals surface area contributed by atoms with Crippen molar-refractivity contribution in [3.05, 3.63) is 76.9 Å². The van der Waals surface area contributed by atoms with Gasteiger partial charge in [-0.05, 0) is 63.1 Å². The van der Waals surface area contributed by atoms with E-state index in [9.17, 15) is 0 Å². The normalized spacial score (nSPS) is 22.1. The van der Waals surface area contributed by atoms with Crippen molar-refractivity contribution in [3.63, 3.8) is 0 Å². The molecule has 0 amide bonds. The lowest BCUT2D eigenvalue weighted by molar-refractivity contribution is 0.374. The summed E-state index contributed by atoms with van der Waals surface area (Å²) in [5.74, 6) is 1.79.